The molecule has 0 aromatic carbocycles. The smallest absolute Gasteiger partial charge is 0.208 e. The number of ketones is 1. The van der Waals surface area contributed by atoms with Crippen molar-refractivity contribution in [3.05, 3.63) is 11.3 Å². The summed E-state index contributed by atoms with van der Waals surface area (Å²) < 4.78 is 5.42. The lowest BCUT2D eigenvalue weighted by molar-refractivity contribution is -0.155. The second kappa shape index (κ2) is 2.58. The van der Waals surface area contributed by atoms with Gasteiger partial charge in [0.25, 0.3) is 0 Å². The van der Waals surface area contributed by atoms with Crippen molar-refractivity contribution in [3.63, 3.8) is 0 Å². The molecule has 0 spiro atoms. The van der Waals surface area contributed by atoms with Gasteiger partial charge in [-0.1, -0.05) is 0 Å². The lowest BCUT2D eigenvalue weighted by Gasteiger charge is -2.35. The highest BCUT2D eigenvalue weighted by molar-refractivity contribution is 6.04. The molecule has 1 unspecified atom stereocenters. The van der Waals surface area contributed by atoms with Gasteiger partial charge in [-0.05, 0) is 34.6 Å². The van der Waals surface area contributed by atoms with Crippen LogP contribution in [0.5, 0.6) is 0 Å². The fraction of sp³-hybridized carbons (Fsp3) is 0.700. The number of rotatable bonds is 1. The highest BCUT2D eigenvalue weighted by atomic mass is 16.5. The molecule has 0 saturated carbocycles. The van der Waals surface area contributed by atoms with Gasteiger partial charge >= 0.3 is 0 Å². The molecule has 3 nitrogen and oxygen atoms in total. The van der Waals surface area contributed by atoms with Crippen LogP contribution < -0.4 is 0 Å². The summed E-state index contributed by atoms with van der Waals surface area (Å²) in [6, 6.07) is 0. The summed E-state index contributed by atoms with van der Waals surface area (Å²) in [5.74, 6) is 0.479. The minimum atomic E-state index is -1.16. The summed E-state index contributed by atoms with van der Waals surface area (Å²) >= 11 is 0. The van der Waals surface area contributed by atoms with E-state index in [1.54, 1.807) is 34.6 Å². The molecule has 0 fully saturated rings. The minimum Gasteiger partial charge on any atom is -0.481 e. The Morgan fingerprint density at radius 2 is 1.85 bits per heavy atom. The average Bonchev–Trinajstić information content (AvgIpc) is 2.15. The van der Waals surface area contributed by atoms with Gasteiger partial charge in [-0.25, -0.2) is 0 Å². The molecule has 0 aliphatic carbocycles. The normalized spacial score (nSPS) is 29.5. The first kappa shape index (κ1) is 10.3. The van der Waals surface area contributed by atoms with Gasteiger partial charge in [-0.2, -0.15) is 0 Å². The van der Waals surface area contributed by atoms with Crippen molar-refractivity contribution in [3.8, 4) is 0 Å². The van der Waals surface area contributed by atoms with E-state index in [2.05, 4.69) is 0 Å². The molecule has 0 aromatic rings. The molecule has 1 aliphatic rings. The highest BCUT2D eigenvalue weighted by Crippen LogP contribution is 2.37. The zero-order chi connectivity index (χ0) is 10.4. The molecule has 13 heavy (non-hydrogen) atoms. The summed E-state index contributed by atoms with van der Waals surface area (Å²) in [6.45, 7) is 8.24. The van der Waals surface area contributed by atoms with Crippen LogP contribution >= 0.6 is 0 Å². The van der Waals surface area contributed by atoms with Gasteiger partial charge in [0, 0.05) is 5.57 Å². The number of hydrogen-bond donors (Lipinski definition) is 1. The van der Waals surface area contributed by atoms with E-state index < -0.39 is 11.2 Å². The zero-order valence-electron chi connectivity index (χ0n) is 8.76. The van der Waals surface area contributed by atoms with Gasteiger partial charge in [-0.15, -0.1) is 0 Å². The van der Waals surface area contributed by atoms with Gasteiger partial charge < -0.3 is 9.84 Å². The molecule has 1 atom stereocenters. The van der Waals surface area contributed by atoms with Crippen molar-refractivity contribution in [1.29, 1.82) is 0 Å². The molecule has 74 valence electrons. The van der Waals surface area contributed by atoms with E-state index in [1.165, 1.54) is 0 Å². The predicted octanol–water partition coefficient (Wildman–Crippen LogP) is 1.41. The third-order valence-corrected chi connectivity index (χ3v) is 2.83. The summed E-state index contributed by atoms with van der Waals surface area (Å²) in [4.78, 5) is 11.7. The highest BCUT2D eigenvalue weighted by Gasteiger charge is 2.52. The largest absolute Gasteiger partial charge is 0.481 e. The van der Waals surface area contributed by atoms with Gasteiger partial charge in [-0.3, -0.25) is 4.79 Å². The first-order chi connectivity index (χ1) is 5.70. The van der Waals surface area contributed by atoms with E-state index in [-0.39, 0.29) is 5.78 Å². The van der Waals surface area contributed by atoms with Crippen LogP contribution in [0.25, 0.3) is 0 Å². The van der Waals surface area contributed by atoms with E-state index in [4.69, 9.17) is 4.74 Å². The standard InChI is InChI=1S/C10H16O3/c1-6-7(2)13-10(5,8(6)11)9(3,4)12/h12H,1-5H3. The molecular formula is C10H16O3. The van der Waals surface area contributed by atoms with Crippen molar-refractivity contribution in [2.45, 2.75) is 45.8 Å². The SMILES string of the molecule is CC1=C(C)C(=O)C(C)(C(C)(C)O)O1. The Morgan fingerprint density at radius 3 is 2.00 bits per heavy atom. The number of carbonyl (C=O) groups is 1. The van der Waals surface area contributed by atoms with Gasteiger partial charge in [0.05, 0.1) is 0 Å². The summed E-state index contributed by atoms with van der Waals surface area (Å²) in [7, 11) is 0. The number of hydrogen-bond acceptors (Lipinski definition) is 3. The fourth-order valence-corrected chi connectivity index (χ4v) is 1.35. The molecule has 1 rings (SSSR count). The van der Waals surface area contributed by atoms with Crippen LogP contribution in [0.1, 0.15) is 34.6 Å². The Hall–Kier alpha value is -0.830. The van der Waals surface area contributed by atoms with Gasteiger partial charge in [0.2, 0.25) is 5.78 Å². The van der Waals surface area contributed by atoms with Crippen LogP contribution in [0.2, 0.25) is 0 Å². The Labute approximate surface area is 78.4 Å². The van der Waals surface area contributed by atoms with Crippen molar-refractivity contribution >= 4 is 5.78 Å². The zero-order valence-corrected chi connectivity index (χ0v) is 8.76. The molecular weight excluding hydrogens is 168 g/mol. The molecule has 0 radical (unpaired) electrons. The first-order valence-corrected chi connectivity index (χ1v) is 4.34. The maximum atomic E-state index is 11.7. The van der Waals surface area contributed by atoms with Crippen LogP contribution in [0.3, 0.4) is 0 Å². The number of Topliss-reactive ketones (excluding diaryl/α,β-unsaturated/α-hetero) is 1. The van der Waals surface area contributed by atoms with E-state index in [0.29, 0.717) is 11.3 Å². The molecule has 3 heteroatoms. The number of allylic oxidation sites excluding steroid dienone is 1. The van der Waals surface area contributed by atoms with Crippen LogP contribution in [0.4, 0.5) is 0 Å². The first-order valence-electron chi connectivity index (χ1n) is 4.34. The maximum absolute atomic E-state index is 11.7. The van der Waals surface area contributed by atoms with Crippen molar-refractivity contribution in [1.82, 2.24) is 0 Å². The fourth-order valence-electron chi connectivity index (χ4n) is 1.35. The Kier molecular flexibility index (Phi) is 2.03. The van der Waals surface area contributed by atoms with Crippen molar-refractivity contribution in [2.24, 2.45) is 0 Å². The predicted molar refractivity (Wildman–Crippen MR) is 49.2 cm³/mol. The number of ether oxygens (including phenoxy) is 1. The summed E-state index contributed by atoms with van der Waals surface area (Å²) in [6.07, 6.45) is 0. The Bertz CT molecular complexity index is 283. The number of aliphatic hydroxyl groups is 1. The second-order valence-corrected chi connectivity index (χ2v) is 4.20. The van der Waals surface area contributed by atoms with E-state index >= 15 is 0 Å². The Morgan fingerprint density at radius 1 is 1.38 bits per heavy atom. The van der Waals surface area contributed by atoms with Crippen LogP contribution in [-0.4, -0.2) is 22.1 Å². The molecule has 1 N–H and O–H groups in total. The third-order valence-electron chi connectivity index (χ3n) is 2.83. The maximum Gasteiger partial charge on any atom is 0.208 e. The lowest BCUT2D eigenvalue weighted by Crippen LogP contribution is -2.53. The minimum absolute atomic E-state index is 0.127. The molecule has 0 aromatic heterocycles. The topological polar surface area (TPSA) is 46.5 Å². The second-order valence-electron chi connectivity index (χ2n) is 4.20. The Balaban J connectivity index is 3.10. The van der Waals surface area contributed by atoms with Gasteiger partial charge in [0.15, 0.2) is 5.60 Å². The van der Waals surface area contributed by atoms with Crippen LogP contribution in [0.15, 0.2) is 11.3 Å². The summed E-state index contributed by atoms with van der Waals surface area (Å²) in [5, 5.41) is 9.81. The monoisotopic (exact) mass is 184 g/mol. The molecule has 0 saturated heterocycles. The van der Waals surface area contributed by atoms with E-state index in [1.807, 2.05) is 0 Å². The summed E-state index contributed by atoms with van der Waals surface area (Å²) in [5.41, 5.74) is -1.69. The third kappa shape index (κ3) is 1.27. The van der Waals surface area contributed by atoms with Gasteiger partial charge in [0.1, 0.15) is 11.4 Å². The van der Waals surface area contributed by atoms with E-state index in [9.17, 15) is 9.90 Å². The van der Waals surface area contributed by atoms with Crippen molar-refractivity contribution < 1.29 is 14.6 Å². The van der Waals surface area contributed by atoms with E-state index in [0.717, 1.165) is 0 Å². The quantitative estimate of drug-likeness (QED) is 0.670. The van der Waals surface area contributed by atoms with Crippen molar-refractivity contribution in [2.75, 3.05) is 0 Å². The van der Waals surface area contributed by atoms with Crippen LogP contribution in [-0.2, 0) is 9.53 Å². The lowest BCUT2D eigenvalue weighted by atomic mass is 9.83. The molecule has 0 amide bonds. The van der Waals surface area contributed by atoms with Crippen LogP contribution in [0, 0.1) is 0 Å². The number of carbonyl (C=O) groups excluding carboxylic acids is 1. The average molecular weight is 184 g/mol. The molecule has 1 heterocycles. The molecule has 1 aliphatic heterocycles. The molecule has 0 bridgehead atoms.